The van der Waals surface area contributed by atoms with Crippen LogP contribution in [0, 0.1) is 0 Å². The van der Waals surface area contributed by atoms with Crippen LogP contribution in [0.5, 0.6) is 0 Å². The normalized spacial score (nSPS) is 19.1. The Kier molecular flexibility index (Phi) is 7.74. The molecule has 1 aromatic rings. The molecule has 0 aromatic heterocycles. The van der Waals surface area contributed by atoms with Crippen LogP contribution >= 0.6 is 12.4 Å². The molecule has 0 bridgehead atoms. The van der Waals surface area contributed by atoms with Gasteiger partial charge in [-0.2, -0.15) is 0 Å². The van der Waals surface area contributed by atoms with Crippen molar-refractivity contribution in [3.05, 3.63) is 42.0 Å². The summed E-state index contributed by atoms with van der Waals surface area (Å²) in [6, 6.07) is 7.33. The number of halogens is 1. The molecule has 0 unspecified atom stereocenters. The molecule has 2 rings (SSSR count). The number of carbonyl (C=O) groups excluding carboxylic acids is 2. The van der Waals surface area contributed by atoms with Gasteiger partial charge in [-0.15, -0.1) is 12.4 Å². The summed E-state index contributed by atoms with van der Waals surface area (Å²) in [7, 11) is 3.02. The topological polar surface area (TPSA) is 67.9 Å². The Hall–Kier alpha value is -2.05. The highest BCUT2D eigenvalue weighted by atomic mass is 35.5. The lowest BCUT2D eigenvalue weighted by Crippen LogP contribution is -2.31. The highest BCUT2D eigenvalue weighted by Crippen LogP contribution is 2.15. The van der Waals surface area contributed by atoms with Crippen LogP contribution in [0.2, 0.25) is 0 Å². The minimum absolute atomic E-state index is 0. The van der Waals surface area contributed by atoms with E-state index in [0.29, 0.717) is 19.5 Å². The van der Waals surface area contributed by atoms with Crippen molar-refractivity contribution in [3.63, 3.8) is 0 Å². The van der Waals surface area contributed by atoms with Crippen molar-refractivity contribution in [2.45, 2.75) is 25.1 Å². The van der Waals surface area contributed by atoms with E-state index in [1.165, 1.54) is 12.0 Å². The second-order valence-corrected chi connectivity index (χ2v) is 5.48. The first kappa shape index (κ1) is 20.0. The fourth-order valence-electron chi connectivity index (χ4n) is 2.54. The first-order chi connectivity index (χ1) is 11.0. The summed E-state index contributed by atoms with van der Waals surface area (Å²) < 4.78 is 10.1. The van der Waals surface area contributed by atoms with Gasteiger partial charge < -0.3 is 19.7 Å². The predicted molar refractivity (Wildman–Crippen MR) is 93.9 cm³/mol. The number of ether oxygens (including phenoxy) is 2. The molecule has 1 aliphatic rings. The molecule has 7 heteroatoms. The quantitative estimate of drug-likeness (QED) is 0.821. The average Bonchev–Trinajstić information content (AvgIpc) is 3.03. The maximum Gasteiger partial charge on any atom is 0.410 e. The van der Waals surface area contributed by atoms with Gasteiger partial charge in [-0.25, -0.2) is 4.79 Å². The van der Waals surface area contributed by atoms with Crippen molar-refractivity contribution in [1.82, 2.24) is 10.2 Å². The van der Waals surface area contributed by atoms with E-state index in [2.05, 4.69) is 16.6 Å². The van der Waals surface area contributed by atoms with Crippen LogP contribution in [-0.4, -0.2) is 49.8 Å². The molecule has 24 heavy (non-hydrogen) atoms. The van der Waals surface area contributed by atoms with Crippen molar-refractivity contribution in [2.75, 3.05) is 20.7 Å². The van der Waals surface area contributed by atoms with Crippen molar-refractivity contribution in [1.29, 1.82) is 0 Å². The molecule has 1 aliphatic heterocycles. The summed E-state index contributed by atoms with van der Waals surface area (Å²) in [5, 5.41) is 2.99. The third-order valence-electron chi connectivity index (χ3n) is 3.84. The molecule has 1 amide bonds. The fraction of sp³-hybridized carbons (Fsp3) is 0.412. The monoisotopic (exact) mass is 354 g/mol. The minimum Gasteiger partial charge on any atom is -0.468 e. The number of nitrogens with zero attached hydrogens (tertiary/aromatic N) is 1. The molecule has 0 aliphatic carbocycles. The van der Waals surface area contributed by atoms with Gasteiger partial charge in [0.05, 0.1) is 7.11 Å². The van der Waals surface area contributed by atoms with E-state index in [1.807, 2.05) is 24.3 Å². The van der Waals surface area contributed by atoms with Gasteiger partial charge >= 0.3 is 12.1 Å². The highest BCUT2D eigenvalue weighted by molar-refractivity contribution is 5.85. The second kappa shape index (κ2) is 9.30. The standard InChI is InChI=1S/C17H22N2O4.ClH/c1-4-12-7-5-6-8-13(12)11-19(2)17(21)23-14-9-15(18-10-14)16(20)22-3;/h4-8,14-15,18H,1,9-11H2,2-3H3;1H/t14-,15+;/m1./s1. The Morgan fingerprint density at radius 1 is 1.42 bits per heavy atom. The number of rotatable bonds is 5. The molecule has 132 valence electrons. The van der Waals surface area contributed by atoms with Crippen LogP contribution in [-0.2, 0) is 20.8 Å². The molecule has 1 N–H and O–H groups in total. The number of carbonyl (C=O) groups is 2. The Bertz CT molecular complexity index is 594. The molecule has 1 heterocycles. The number of amides is 1. The first-order valence-electron chi connectivity index (χ1n) is 7.48. The van der Waals surface area contributed by atoms with Gasteiger partial charge in [0.1, 0.15) is 12.1 Å². The maximum absolute atomic E-state index is 12.2. The molecule has 6 nitrogen and oxygen atoms in total. The summed E-state index contributed by atoms with van der Waals surface area (Å²) in [6.45, 7) is 4.65. The molecule has 0 spiro atoms. The molecule has 1 fully saturated rings. The molecule has 2 atom stereocenters. The van der Waals surface area contributed by atoms with Gasteiger partial charge in [0.2, 0.25) is 0 Å². The van der Waals surface area contributed by atoms with E-state index in [1.54, 1.807) is 13.1 Å². The molecular weight excluding hydrogens is 332 g/mol. The minimum atomic E-state index is -0.416. The fourth-order valence-corrected chi connectivity index (χ4v) is 2.54. The van der Waals surface area contributed by atoms with Crippen LogP contribution in [0.1, 0.15) is 17.5 Å². The van der Waals surface area contributed by atoms with Crippen molar-refractivity contribution in [3.8, 4) is 0 Å². The summed E-state index contributed by atoms with van der Waals surface area (Å²) in [6.07, 6.45) is 1.44. The Labute approximate surface area is 148 Å². The van der Waals surface area contributed by atoms with E-state index < -0.39 is 12.1 Å². The third-order valence-corrected chi connectivity index (χ3v) is 3.84. The predicted octanol–water partition coefficient (Wildman–Crippen LogP) is 2.22. The van der Waals surface area contributed by atoms with Gasteiger partial charge in [-0.05, 0) is 11.1 Å². The van der Waals surface area contributed by atoms with E-state index in [9.17, 15) is 9.59 Å². The zero-order chi connectivity index (χ0) is 16.8. The summed E-state index contributed by atoms with van der Waals surface area (Å²) >= 11 is 0. The molecule has 0 radical (unpaired) electrons. The van der Waals surface area contributed by atoms with Gasteiger partial charge in [-0.1, -0.05) is 36.9 Å². The summed E-state index contributed by atoms with van der Waals surface area (Å²) in [5.74, 6) is -0.336. The largest absolute Gasteiger partial charge is 0.468 e. The zero-order valence-electron chi connectivity index (χ0n) is 13.9. The van der Waals surface area contributed by atoms with Crippen molar-refractivity contribution < 1.29 is 19.1 Å². The van der Waals surface area contributed by atoms with E-state index in [0.717, 1.165) is 11.1 Å². The van der Waals surface area contributed by atoms with Crippen molar-refractivity contribution >= 4 is 30.5 Å². The number of hydrogen-bond donors (Lipinski definition) is 1. The zero-order valence-corrected chi connectivity index (χ0v) is 14.7. The highest BCUT2D eigenvalue weighted by Gasteiger charge is 2.32. The molecule has 0 saturated carbocycles. The van der Waals surface area contributed by atoms with Crippen LogP contribution in [0.4, 0.5) is 4.79 Å². The smallest absolute Gasteiger partial charge is 0.410 e. The lowest BCUT2D eigenvalue weighted by molar-refractivity contribution is -0.142. The van der Waals surface area contributed by atoms with Gasteiger partial charge in [0, 0.05) is 26.6 Å². The number of esters is 1. The lowest BCUT2D eigenvalue weighted by atomic mass is 10.1. The second-order valence-electron chi connectivity index (χ2n) is 5.48. The van der Waals surface area contributed by atoms with Crippen LogP contribution in [0.3, 0.4) is 0 Å². The maximum atomic E-state index is 12.2. The third kappa shape index (κ3) is 4.97. The average molecular weight is 355 g/mol. The number of methoxy groups -OCH3 is 1. The molecular formula is C17H23ClN2O4. The summed E-state index contributed by atoms with van der Waals surface area (Å²) in [4.78, 5) is 25.1. The van der Waals surface area contributed by atoms with Gasteiger partial charge in [0.25, 0.3) is 0 Å². The molecule has 1 saturated heterocycles. The van der Waals surface area contributed by atoms with E-state index in [-0.39, 0.29) is 24.5 Å². The van der Waals surface area contributed by atoms with Crippen molar-refractivity contribution in [2.24, 2.45) is 0 Å². The summed E-state index contributed by atoms with van der Waals surface area (Å²) in [5.41, 5.74) is 1.99. The van der Waals surface area contributed by atoms with Gasteiger partial charge in [-0.3, -0.25) is 4.79 Å². The Morgan fingerprint density at radius 2 is 2.12 bits per heavy atom. The lowest BCUT2D eigenvalue weighted by Gasteiger charge is -2.20. The number of benzene rings is 1. The van der Waals surface area contributed by atoms with Gasteiger partial charge in [0.15, 0.2) is 0 Å². The Balaban J connectivity index is 0.00000288. The molecule has 1 aromatic carbocycles. The van der Waals surface area contributed by atoms with Crippen LogP contribution in [0.25, 0.3) is 6.08 Å². The Morgan fingerprint density at radius 3 is 2.79 bits per heavy atom. The van der Waals surface area contributed by atoms with E-state index >= 15 is 0 Å². The van der Waals surface area contributed by atoms with E-state index in [4.69, 9.17) is 4.74 Å². The number of nitrogens with one attached hydrogen (secondary N) is 1. The first-order valence-corrected chi connectivity index (χ1v) is 7.48. The van der Waals surface area contributed by atoms with Crippen LogP contribution in [0.15, 0.2) is 30.8 Å². The SMILES string of the molecule is C=Cc1ccccc1CN(C)C(=O)O[C@H]1CN[C@H](C(=O)OC)C1.Cl. The number of hydrogen-bond acceptors (Lipinski definition) is 5. The van der Waals surface area contributed by atoms with Crippen LogP contribution < -0.4 is 5.32 Å².